The maximum Gasteiger partial charge on any atom is 0.0548 e. The van der Waals surface area contributed by atoms with Crippen LogP contribution >= 0.6 is 27.5 Å². The van der Waals surface area contributed by atoms with E-state index in [1.165, 1.54) is 24.8 Å². The van der Waals surface area contributed by atoms with Gasteiger partial charge in [0.1, 0.15) is 0 Å². The largest absolute Gasteiger partial charge is 0.310 e. The molecule has 0 aliphatic heterocycles. The third-order valence-electron chi connectivity index (χ3n) is 3.55. The van der Waals surface area contributed by atoms with Crippen molar-refractivity contribution in [2.45, 2.75) is 45.7 Å². The fourth-order valence-electron chi connectivity index (χ4n) is 2.52. The fraction of sp³-hybridized carbons (Fsp3) is 0.571. The van der Waals surface area contributed by atoms with Crippen molar-refractivity contribution < 1.29 is 0 Å². The summed E-state index contributed by atoms with van der Waals surface area (Å²) < 4.78 is 0.977. The fourth-order valence-corrected chi connectivity index (χ4v) is 3.07. The molecule has 0 spiro atoms. The smallest absolute Gasteiger partial charge is 0.0548 e. The van der Waals surface area contributed by atoms with Gasteiger partial charge in [-0.05, 0) is 58.3 Å². The summed E-state index contributed by atoms with van der Waals surface area (Å²) in [7, 11) is 0. The highest BCUT2D eigenvalue weighted by Gasteiger charge is 2.30. The number of halogens is 2. The number of nitrogens with one attached hydrogen (secondary N) is 1. The van der Waals surface area contributed by atoms with Gasteiger partial charge >= 0.3 is 0 Å². The third kappa shape index (κ3) is 3.70. The zero-order valence-corrected chi connectivity index (χ0v) is 12.7. The second-order valence-electron chi connectivity index (χ2n) is 5.73. The van der Waals surface area contributed by atoms with E-state index in [9.17, 15) is 0 Å². The van der Waals surface area contributed by atoms with Gasteiger partial charge in [-0.1, -0.05) is 31.5 Å². The molecule has 0 aromatic heterocycles. The lowest BCUT2D eigenvalue weighted by atomic mass is 9.92. The predicted octanol–water partition coefficient (Wildman–Crippen LogP) is 4.77. The summed E-state index contributed by atoms with van der Waals surface area (Å²) in [6.45, 7) is 5.64. The van der Waals surface area contributed by atoms with Gasteiger partial charge in [-0.25, -0.2) is 0 Å². The molecule has 1 fully saturated rings. The molecule has 0 heterocycles. The molecule has 0 saturated heterocycles. The first-order valence-corrected chi connectivity index (χ1v) is 7.31. The quantitative estimate of drug-likeness (QED) is 0.847. The van der Waals surface area contributed by atoms with Crippen LogP contribution in [0.5, 0.6) is 0 Å². The minimum absolute atomic E-state index is 0.512. The molecule has 1 unspecified atom stereocenters. The van der Waals surface area contributed by atoms with Crippen molar-refractivity contribution in [2.75, 3.05) is 0 Å². The van der Waals surface area contributed by atoms with E-state index in [0.717, 1.165) is 16.0 Å². The average molecular weight is 317 g/mol. The number of benzene rings is 1. The molecular weight excluding hydrogens is 298 g/mol. The van der Waals surface area contributed by atoms with Crippen molar-refractivity contribution in [2.24, 2.45) is 5.41 Å². The summed E-state index contributed by atoms with van der Waals surface area (Å²) in [6, 6.07) is 6.79. The third-order valence-corrected chi connectivity index (χ3v) is 4.76. The molecule has 1 aromatic rings. The topological polar surface area (TPSA) is 12.0 Å². The zero-order valence-electron chi connectivity index (χ0n) is 10.4. The summed E-state index contributed by atoms with van der Waals surface area (Å²) in [6.07, 6.45) is 3.90. The monoisotopic (exact) mass is 315 g/mol. The first-order chi connectivity index (χ1) is 7.96. The summed E-state index contributed by atoms with van der Waals surface area (Å²) in [4.78, 5) is 0. The lowest BCUT2D eigenvalue weighted by Crippen LogP contribution is -2.26. The van der Waals surface area contributed by atoms with Gasteiger partial charge in [-0.15, -0.1) is 0 Å². The van der Waals surface area contributed by atoms with Gasteiger partial charge in [-0.3, -0.25) is 0 Å². The Bertz CT molecular complexity index is 403. The van der Waals surface area contributed by atoms with Crippen LogP contribution in [0.2, 0.25) is 5.02 Å². The van der Waals surface area contributed by atoms with Crippen LogP contribution < -0.4 is 5.32 Å². The average Bonchev–Trinajstić information content (AvgIpc) is 2.60. The first-order valence-electron chi connectivity index (χ1n) is 6.14. The molecule has 3 heteroatoms. The molecule has 0 bridgehead atoms. The molecule has 0 amide bonds. The second kappa shape index (κ2) is 5.29. The van der Waals surface area contributed by atoms with Gasteiger partial charge in [0.2, 0.25) is 0 Å². The van der Waals surface area contributed by atoms with E-state index >= 15 is 0 Å². The molecule has 1 aromatic carbocycles. The maximum atomic E-state index is 5.98. The molecule has 1 nitrogen and oxygen atoms in total. The summed E-state index contributed by atoms with van der Waals surface area (Å²) >= 11 is 9.44. The lowest BCUT2D eigenvalue weighted by molar-refractivity contribution is 0.364. The Kier molecular flexibility index (Phi) is 4.17. The van der Waals surface area contributed by atoms with Crippen molar-refractivity contribution >= 4 is 27.5 Å². The van der Waals surface area contributed by atoms with E-state index < -0.39 is 0 Å². The highest BCUT2D eigenvalue weighted by molar-refractivity contribution is 9.10. The number of rotatable bonds is 3. The summed E-state index contributed by atoms with van der Waals surface area (Å²) in [5.41, 5.74) is 1.80. The SMILES string of the molecule is CC1(C)CCC(NCc2ccc(Cl)c(Br)c2)C1. The van der Waals surface area contributed by atoms with Crippen molar-refractivity contribution in [3.63, 3.8) is 0 Å². The molecular formula is C14H19BrClN. The van der Waals surface area contributed by atoms with Crippen LogP contribution in [0.1, 0.15) is 38.7 Å². The van der Waals surface area contributed by atoms with Gasteiger partial charge in [-0.2, -0.15) is 0 Å². The van der Waals surface area contributed by atoms with Crippen molar-refractivity contribution in [1.82, 2.24) is 5.32 Å². The Hall–Kier alpha value is -0.0500. The van der Waals surface area contributed by atoms with Gasteiger partial charge in [0, 0.05) is 17.1 Å². The Morgan fingerprint density at radius 2 is 2.24 bits per heavy atom. The van der Waals surface area contributed by atoms with Gasteiger partial charge in [0.15, 0.2) is 0 Å². The Balaban J connectivity index is 1.88. The van der Waals surface area contributed by atoms with E-state index in [-0.39, 0.29) is 0 Å². The Labute approximate surface area is 117 Å². The van der Waals surface area contributed by atoms with Gasteiger partial charge < -0.3 is 5.32 Å². The number of hydrogen-bond acceptors (Lipinski definition) is 1. The van der Waals surface area contributed by atoms with Crippen LogP contribution in [0.15, 0.2) is 22.7 Å². The normalized spacial score (nSPS) is 22.9. The molecule has 17 heavy (non-hydrogen) atoms. The van der Waals surface area contributed by atoms with E-state index in [1.54, 1.807) is 0 Å². The highest BCUT2D eigenvalue weighted by atomic mass is 79.9. The molecule has 94 valence electrons. The van der Waals surface area contributed by atoms with Crippen LogP contribution in [0.4, 0.5) is 0 Å². The van der Waals surface area contributed by atoms with Crippen LogP contribution in [-0.2, 0) is 6.54 Å². The standard InChI is InChI=1S/C14H19BrClN/c1-14(2)6-5-11(8-14)17-9-10-3-4-13(16)12(15)7-10/h3-4,7,11,17H,5-6,8-9H2,1-2H3. The highest BCUT2D eigenvalue weighted by Crippen LogP contribution is 2.37. The van der Waals surface area contributed by atoms with Crippen LogP contribution in [0.3, 0.4) is 0 Å². The van der Waals surface area contributed by atoms with Crippen LogP contribution in [-0.4, -0.2) is 6.04 Å². The van der Waals surface area contributed by atoms with Crippen molar-refractivity contribution in [1.29, 1.82) is 0 Å². The van der Waals surface area contributed by atoms with Crippen LogP contribution in [0.25, 0.3) is 0 Å². The van der Waals surface area contributed by atoms with Crippen molar-refractivity contribution in [3.8, 4) is 0 Å². The minimum atomic E-state index is 0.512. The summed E-state index contributed by atoms with van der Waals surface area (Å²) in [5, 5.41) is 4.41. The Morgan fingerprint density at radius 3 is 2.82 bits per heavy atom. The Morgan fingerprint density at radius 1 is 1.47 bits per heavy atom. The second-order valence-corrected chi connectivity index (χ2v) is 6.99. The van der Waals surface area contributed by atoms with E-state index in [2.05, 4.69) is 47.2 Å². The molecule has 1 aliphatic rings. The van der Waals surface area contributed by atoms with Gasteiger partial charge in [0.05, 0.1) is 5.02 Å². The zero-order chi connectivity index (χ0) is 12.5. The lowest BCUT2D eigenvalue weighted by Gasteiger charge is -2.18. The minimum Gasteiger partial charge on any atom is -0.310 e. The van der Waals surface area contributed by atoms with Crippen LogP contribution in [0, 0.1) is 5.41 Å². The maximum absolute atomic E-state index is 5.98. The molecule has 1 N–H and O–H groups in total. The van der Waals surface area contributed by atoms with E-state index in [1.807, 2.05) is 6.07 Å². The van der Waals surface area contributed by atoms with E-state index in [4.69, 9.17) is 11.6 Å². The predicted molar refractivity (Wildman–Crippen MR) is 77.4 cm³/mol. The first kappa shape index (κ1) is 13.4. The summed E-state index contributed by atoms with van der Waals surface area (Å²) in [5.74, 6) is 0. The van der Waals surface area contributed by atoms with E-state index in [0.29, 0.717) is 11.5 Å². The van der Waals surface area contributed by atoms with Crippen molar-refractivity contribution in [3.05, 3.63) is 33.3 Å². The molecule has 1 saturated carbocycles. The molecule has 1 aliphatic carbocycles. The number of hydrogen-bond donors (Lipinski definition) is 1. The molecule has 0 radical (unpaired) electrons. The molecule has 2 rings (SSSR count). The molecule has 1 atom stereocenters. The van der Waals surface area contributed by atoms with Gasteiger partial charge in [0.25, 0.3) is 0 Å².